The van der Waals surface area contributed by atoms with E-state index in [-0.39, 0.29) is 17.7 Å². The molecular formula is C28H51NO6Si. The molecule has 0 aliphatic carbocycles. The van der Waals surface area contributed by atoms with Gasteiger partial charge in [0.15, 0.2) is 8.32 Å². The molecule has 0 rings (SSSR count). The molecule has 4 atom stereocenters. The van der Waals surface area contributed by atoms with Crippen LogP contribution in [0.15, 0.2) is 48.1 Å². The number of carbonyl (C=O) groups is 1. The molecule has 0 saturated carbocycles. The smallest absolute Gasteiger partial charge is 0.404 e. The van der Waals surface area contributed by atoms with E-state index in [4.69, 9.17) is 24.4 Å². The predicted molar refractivity (Wildman–Crippen MR) is 150 cm³/mol. The molecule has 0 aliphatic heterocycles. The lowest BCUT2D eigenvalue weighted by Crippen LogP contribution is -2.41. The molecule has 0 fully saturated rings. The van der Waals surface area contributed by atoms with Gasteiger partial charge in [-0.15, -0.1) is 6.58 Å². The minimum absolute atomic E-state index is 0.0231. The number of rotatable bonds is 17. The number of allylic oxidation sites excluding steroid dienone is 3. The van der Waals surface area contributed by atoms with E-state index in [1.54, 1.807) is 6.08 Å². The van der Waals surface area contributed by atoms with Gasteiger partial charge < -0.3 is 29.5 Å². The maximum atomic E-state index is 11.2. The van der Waals surface area contributed by atoms with Crippen LogP contribution in [0.25, 0.3) is 0 Å². The quantitative estimate of drug-likeness (QED) is 0.101. The van der Waals surface area contributed by atoms with Crippen LogP contribution in [0.2, 0.25) is 18.1 Å². The number of aliphatic hydroxyl groups excluding tert-OH is 1. The van der Waals surface area contributed by atoms with Crippen molar-refractivity contribution in [2.45, 2.75) is 97.2 Å². The highest BCUT2D eigenvalue weighted by molar-refractivity contribution is 6.74. The number of nitrogens with two attached hydrogens (primary N) is 1. The van der Waals surface area contributed by atoms with E-state index >= 15 is 0 Å². The number of carbonyl (C=O) groups excluding carboxylic acids is 1. The van der Waals surface area contributed by atoms with Gasteiger partial charge in [-0.3, -0.25) is 0 Å². The molecule has 0 saturated heterocycles. The third-order valence-electron chi connectivity index (χ3n) is 6.53. The Hall–Kier alpha value is -1.71. The fourth-order valence-electron chi connectivity index (χ4n) is 3.20. The Morgan fingerprint density at radius 3 is 2.36 bits per heavy atom. The van der Waals surface area contributed by atoms with Gasteiger partial charge in [0.1, 0.15) is 19.0 Å². The molecule has 3 N–H and O–H groups in total. The Bertz CT molecular complexity index is 754. The van der Waals surface area contributed by atoms with Gasteiger partial charge in [-0.25, -0.2) is 4.79 Å². The number of hydrogen-bond acceptors (Lipinski definition) is 6. The van der Waals surface area contributed by atoms with Crippen molar-refractivity contribution < 1.29 is 28.5 Å². The van der Waals surface area contributed by atoms with Crippen LogP contribution >= 0.6 is 0 Å². The third-order valence-corrected chi connectivity index (χ3v) is 11.0. The van der Waals surface area contributed by atoms with Crippen molar-refractivity contribution in [3.63, 3.8) is 0 Å². The van der Waals surface area contributed by atoms with Crippen LogP contribution in [0.5, 0.6) is 0 Å². The van der Waals surface area contributed by atoms with Crippen LogP contribution in [0.4, 0.5) is 4.79 Å². The van der Waals surface area contributed by atoms with Gasteiger partial charge in [-0.1, -0.05) is 69.2 Å². The summed E-state index contributed by atoms with van der Waals surface area (Å²) < 4.78 is 21.9. The first kappa shape index (κ1) is 34.3. The Morgan fingerprint density at radius 1 is 1.19 bits per heavy atom. The zero-order chi connectivity index (χ0) is 27.9. The van der Waals surface area contributed by atoms with Crippen LogP contribution in [0.3, 0.4) is 0 Å². The molecular weight excluding hydrogens is 474 g/mol. The predicted octanol–water partition coefficient (Wildman–Crippen LogP) is 6.26. The fraction of sp³-hybridized carbons (Fsp3) is 0.679. The van der Waals surface area contributed by atoms with Gasteiger partial charge in [0, 0.05) is 13.0 Å². The maximum absolute atomic E-state index is 11.2. The first-order valence-electron chi connectivity index (χ1n) is 12.6. The lowest BCUT2D eigenvalue weighted by molar-refractivity contribution is -0.0951. The van der Waals surface area contributed by atoms with E-state index in [1.807, 2.05) is 32.1 Å². The largest absolute Gasteiger partial charge is 0.443 e. The number of methoxy groups -OCH3 is 1. The summed E-state index contributed by atoms with van der Waals surface area (Å²) in [5.74, 6) is 0.0231. The standard InChI is InChI=1S/C28H51NO6Si/c1-11-25(33-20-32-8)26(35-27(29)31)16-14-12-13-15-21(2)18-24(30)23(4)17-22(3)19-34-36(9,10)28(5,6)7/h11-13,15,17,23-26,30H,1,14,16,18-20H2,2-10H3,(H2,29,31)/b13-12+,21-15+,22-17+/t23-,24-,25+,26+/m1/s1. The molecule has 0 aromatic rings. The van der Waals surface area contributed by atoms with Crippen molar-refractivity contribution in [2.75, 3.05) is 20.5 Å². The molecule has 0 radical (unpaired) electrons. The van der Waals surface area contributed by atoms with Crippen LogP contribution in [-0.2, 0) is 18.6 Å². The zero-order valence-electron chi connectivity index (χ0n) is 24.0. The van der Waals surface area contributed by atoms with Gasteiger partial charge in [0.2, 0.25) is 0 Å². The lowest BCUT2D eigenvalue weighted by atomic mass is 9.96. The summed E-state index contributed by atoms with van der Waals surface area (Å²) >= 11 is 0. The van der Waals surface area contributed by atoms with Crippen molar-refractivity contribution in [1.29, 1.82) is 0 Å². The van der Waals surface area contributed by atoms with Crippen molar-refractivity contribution in [1.82, 2.24) is 0 Å². The van der Waals surface area contributed by atoms with Crippen molar-refractivity contribution in [3.05, 3.63) is 48.1 Å². The molecule has 0 heterocycles. The molecule has 208 valence electrons. The lowest BCUT2D eigenvalue weighted by Gasteiger charge is -2.36. The fourth-order valence-corrected chi connectivity index (χ4v) is 4.23. The summed E-state index contributed by atoms with van der Waals surface area (Å²) in [5.41, 5.74) is 7.42. The van der Waals surface area contributed by atoms with Gasteiger partial charge >= 0.3 is 6.09 Å². The topological polar surface area (TPSA) is 100 Å². The molecule has 0 aliphatic rings. The highest BCUT2D eigenvalue weighted by atomic mass is 28.4. The number of primary amides is 1. The summed E-state index contributed by atoms with van der Waals surface area (Å²) in [6.45, 7) is 21.7. The maximum Gasteiger partial charge on any atom is 0.404 e. The SMILES string of the molecule is C=C[C@H](OCOC)[C@H](CC/C=C/C=C(\C)C[C@@H](O)[C@H](C)/C=C(\C)CO[Si](C)(C)C(C)(C)C)OC(N)=O. The van der Waals surface area contributed by atoms with E-state index in [0.29, 0.717) is 25.9 Å². The third kappa shape index (κ3) is 14.1. The van der Waals surface area contributed by atoms with Gasteiger partial charge in [-0.2, -0.15) is 0 Å². The van der Waals surface area contributed by atoms with Crippen molar-refractivity contribution in [3.8, 4) is 0 Å². The Labute approximate surface area is 220 Å². The second-order valence-electron chi connectivity index (χ2n) is 11.0. The first-order chi connectivity index (χ1) is 16.6. The molecule has 36 heavy (non-hydrogen) atoms. The molecule has 1 amide bonds. The second-order valence-corrected chi connectivity index (χ2v) is 15.8. The minimum Gasteiger partial charge on any atom is -0.443 e. The Balaban J connectivity index is 4.79. The highest BCUT2D eigenvalue weighted by Crippen LogP contribution is 2.36. The molecule has 0 spiro atoms. The van der Waals surface area contributed by atoms with Crippen molar-refractivity contribution >= 4 is 14.4 Å². The number of aliphatic hydroxyl groups is 1. The number of ether oxygens (including phenoxy) is 3. The van der Waals surface area contributed by atoms with E-state index < -0.39 is 32.7 Å². The van der Waals surface area contributed by atoms with Crippen LogP contribution < -0.4 is 5.73 Å². The van der Waals surface area contributed by atoms with Crippen molar-refractivity contribution in [2.24, 2.45) is 11.7 Å². The average Bonchev–Trinajstić information content (AvgIpc) is 2.76. The van der Waals surface area contributed by atoms with Crippen LogP contribution in [0.1, 0.15) is 60.8 Å². The first-order valence-corrected chi connectivity index (χ1v) is 15.6. The summed E-state index contributed by atoms with van der Waals surface area (Å²) in [6.07, 6.45) is 8.95. The average molecular weight is 526 g/mol. The molecule has 7 nitrogen and oxygen atoms in total. The minimum atomic E-state index is -1.79. The second kappa shape index (κ2) is 16.9. The Kier molecular flexibility index (Phi) is 16.1. The van der Waals surface area contributed by atoms with Gasteiger partial charge in [-0.05, 0) is 51.2 Å². The molecule has 0 bridgehead atoms. The van der Waals surface area contributed by atoms with E-state index in [0.717, 1.165) is 11.1 Å². The number of hydrogen-bond donors (Lipinski definition) is 2. The molecule has 8 heteroatoms. The van der Waals surface area contributed by atoms with E-state index in [1.165, 1.54) is 7.11 Å². The normalized spacial score (nSPS) is 17.1. The molecule has 0 aromatic heterocycles. The summed E-state index contributed by atoms with van der Waals surface area (Å²) in [4.78, 5) is 11.2. The monoisotopic (exact) mass is 525 g/mol. The summed E-state index contributed by atoms with van der Waals surface area (Å²) in [5, 5.41) is 10.9. The van der Waals surface area contributed by atoms with Gasteiger partial charge in [0.05, 0.1) is 12.7 Å². The Morgan fingerprint density at radius 2 is 1.83 bits per heavy atom. The van der Waals surface area contributed by atoms with Crippen LogP contribution in [-0.4, -0.2) is 58.3 Å². The molecule has 0 unspecified atom stereocenters. The number of amides is 1. The van der Waals surface area contributed by atoms with E-state index in [9.17, 15) is 9.90 Å². The summed E-state index contributed by atoms with van der Waals surface area (Å²) in [6, 6.07) is 0. The van der Waals surface area contributed by atoms with E-state index in [2.05, 4.69) is 53.4 Å². The highest BCUT2D eigenvalue weighted by Gasteiger charge is 2.37. The van der Waals surface area contributed by atoms with Crippen LogP contribution in [0, 0.1) is 5.92 Å². The molecule has 0 aromatic carbocycles. The summed E-state index contributed by atoms with van der Waals surface area (Å²) in [7, 11) is -0.277. The zero-order valence-corrected chi connectivity index (χ0v) is 25.0. The van der Waals surface area contributed by atoms with Gasteiger partial charge in [0.25, 0.3) is 0 Å².